The number of nitrogens with zero attached hydrogens (tertiary/aromatic N) is 2. The zero-order valence-electron chi connectivity index (χ0n) is 12.1. The van der Waals surface area contributed by atoms with Crippen molar-refractivity contribution < 1.29 is 9.53 Å². The van der Waals surface area contributed by atoms with Gasteiger partial charge in [-0.15, -0.1) is 10.2 Å². The fraction of sp³-hybridized carbons (Fsp3) is 0.267. The van der Waals surface area contributed by atoms with E-state index in [-0.39, 0.29) is 11.6 Å². The molecule has 0 atom stereocenters. The van der Waals surface area contributed by atoms with Crippen LogP contribution in [0.1, 0.15) is 23.8 Å². The normalized spacial score (nSPS) is 10.0. The molecule has 0 fully saturated rings. The third-order valence-corrected chi connectivity index (χ3v) is 2.80. The average molecular weight is 286 g/mol. The van der Waals surface area contributed by atoms with Crippen LogP contribution in [0.15, 0.2) is 36.4 Å². The molecule has 0 aliphatic carbocycles. The van der Waals surface area contributed by atoms with Gasteiger partial charge in [0.15, 0.2) is 5.69 Å². The number of carbonyl (C=O) groups excluding carboxylic acids is 1. The second kappa shape index (κ2) is 7.23. The number of methoxy groups -OCH3 is 1. The molecule has 1 aromatic heterocycles. The second-order valence-electron chi connectivity index (χ2n) is 4.41. The van der Waals surface area contributed by atoms with Crippen molar-refractivity contribution in [2.75, 3.05) is 24.3 Å². The van der Waals surface area contributed by atoms with Crippen molar-refractivity contribution in [1.29, 1.82) is 0 Å². The van der Waals surface area contributed by atoms with Crippen molar-refractivity contribution in [3.63, 3.8) is 0 Å². The lowest BCUT2D eigenvalue weighted by molar-refractivity contribution is 0.102. The van der Waals surface area contributed by atoms with Crippen LogP contribution >= 0.6 is 0 Å². The Labute approximate surface area is 123 Å². The van der Waals surface area contributed by atoms with Crippen molar-refractivity contribution in [2.45, 2.75) is 13.3 Å². The topological polar surface area (TPSA) is 76.1 Å². The Morgan fingerprint density at radius 3 is 2.48 bits per heavy atom. The van der Waals surface area contributed by atoms with Crippen molar-refractivity contribution in [1.82, 2.24) is 10.2 Å². The zero-order valence-corrected chi connectivity index (χ0v) is 12.1. The summed E-state index contributed by atoms with van der Waals surface area (Å²) in [4.78, 5) is 12.0. The number of rotatable bonds is 6. The van der Waals surface area contributed by atoms with Gasteiger partial charge < -0.3 is 15.4 Å². The molecule has 2 N–H and O–H groups in total. The highest BCUT2D eigenvalue weighted by molar-refractivity contribution is 6.02. The maximum Gasteiger partial charge on any atom is 0.276 e. The fourth-order valence-electron chi connectivity index (χ4n) is 1.67. The van der Waals surface area contributed by atoms with Crippen LogP contribution in [0.3, 0.4) is 0 Å². The Bertz CT molecular complexity index is 582. The first kappa shape index (κ1) is 14.8. The van der Waals surface area contributed by atoms with E-state index in [9.17, 15) is 4.79 Å². The van der Waals surface area contributed by atoms with Crippen molar-refractivity contribution >= 4 is 17.4 Å². The molecule has 2 rings (SSSR count). The van der Waals surface area contributed by atoms with Crippen LogP contribution < -0.4 is 15.4 Å². The molecule has 1 aromatic carbocycles. The maximum absolute atomic E-state index is 12.0. The van der Waals surface area contributed by atoms with Gasteiger partial charge in [-0.05, 0) is 42.8 Å². The third kappa shape index (κ3) is 4.17. The smallest absolute Gasteiger partial charge is 0.276 e. The highest BCUT2D eigenvalue weighted by atomic mass is 16.5. The molecular formula is C15H18N4O2. The minimum Gasteiger partial charge on any atom is -0.497 e. The van der Waals surface area contributed by atoms with E-state index in [1.54, 1.807) is 43.5 Å². The number of anilines is 2. The number of nitrogens with one attached hydrogen (secondary N) is 2. The van der Waals surface area contributed by atoms with Gasteiger partial charge in [0, 0.05) is 12.2 Å². The molecule has 1 amide bonds. The van der Waals surface area contributed by atoms with E-state index in [2.05, 4.69) is 27.8 Å². The molecule has 0 saturated carbocycles. The Balaban J connectivity index is 1.98. The Morgan fingerprint density at radius 2 is 1.90 bits per heavy atom. The number of hydrogen-bond acceptors (Lipinski definition) is 5. The monoisotopic (exact) mass is 286 g/mol. The van der Waals surface area contributed by atoms with E-state index in [1.165, 1.54) is 0 Å². The SMILES string of the molecule is CCCNc1ccc(C(=O)Nc2ccc(OC)cc2)nn1. The summed E-state index contributed by atoms with van der Waals surface area (Å²) in [6.45, 7) is 2.89. The molecule has 6 heteroatoms. The standard InChI is InChI=1S/C15H18N4O2/c1-3-10-16-14-9-8-13(18-19-14)15(20)17-11-4-6-12(21-2)7-5-11/h4-9H,3,10H2,1-2H3,(H,16,19)(H,17,20). The van der Waals surface area contributed by atoms with Crippen LogP contribution in [-0.2, 0) is 0 Å². The lowest BCUT2D eigenvalue weighted by Crippen LogP contribution is -2.15. The zero-order chi connectivity index (χ0) is 15.1. The Morgan fingerprint density at radius 1 is 1.14 bits per heavy atom. The molecule has 0 saturated heterocycles. The molecule has 110 valence electrons. The van der Waals surface area contributed by atoms with Gasteiger partial charge in [-0.25, -0.2) is 0 Å². The van der Waals surface area contributed by atoms with E-state index < -0.39 is 0 Å². The number of aromatic nitrogens is 2. The van der Waals surface area contributed by atoms with Crippen molar-refractivity contribution in [2.24, 2.45) is 0 Å². The summed E-state index contributed by atoms with van der Waals surface area (Å²) in [7, 11) is 1.59. The highest BCUT2D eigenvalue weighted by Gasteiger charge is 2.08. The van der Waals surface area contributed by atoms with Crippen molar-refractivity contribution in [3.05, 3.63) is 42.1 Å². The van der Waals surface area contributed by atoms with Gasteiger partial charge in [0.25, 0.3) is 5.91 Å². The van der Waals surface area contributed by atoms with Crippen LogP contribution in [0.25, 0.3) is 0 Å². The fourth-order valence-corrected chi connectivity index (χ4v) is 1.67. The molecule has 6 nitrogen and oxygen atoms in total. The molecule has 2 aromatic rings. The summed E-state index contributed by atoms with van der Waals surface area (Å²) in [6.07, 6.45) is 1.00. The molecule has 21 heavy (non-hydrogen) atoms. The number of ether oxygens (including phenoxy) is 1. The van der Waals surface area contributed by atoms with E-state index >= 15 is 0 Å². The molecule has 1 heterocycles. The molecule has 0 bridgehead atoms. The van der Waals surface area contributed by atoms with Gasteiger partial charge in [0.1, 0.15) is 11.6 Å². The molecule has 0 radical (unpaired) electrons. The summed E-state index contributed by atoms with van der Waals surface area (Å²) in [6, 6.07) is 10.5. The summed E-state index contributed by atoms with van der Waals surface area (Å²) in [5.41, 5.74) is 0.948. The van der Waals surface area contributed by atoms with E-state index in [0.717, 1.165) is 18.7 Å². The minimum absolute atomic E-state index is 0.271. The third-order valence-electron chi connectivity index (χ3n) is 2.80. The second-order valence-corrected chi connectivity index (χ2v) is 4.41. The maximum atomic E-state index is 12.0. The van der Waals surface area contributed by atoms with Crippen LogP contribution in [0.4, 0.5) is 11.5 Å². The first-order chi connectivity index (χ1) is 10.2. The van der Waals surface area contributed by atoms with Gasteiger partial charge in [0.2, 0.25) is 0 Å². The van der Waals surface area contributed by atoms with Gasteiger partial charge in [-0.3, -0.25) is 4.79 Å². The first-order valence-electron chi connectivity index (χ1n) is 6.76. The molecule has 0 aliphatic heterocycles. The van der Waals surface area contributed by atoms with Gasteiger partial charge >= 0.3 is 0 Å². The Hall–Kier alpha value is -2.63. The van der Waals surface area contributed by atoms with E-state index in [1.807, 2.05) is 0 Å². The summed E-state index contributed by atoms with van der Waals surface area (Å²) in [5.74, 6) is 1.10. The van der Waals surface area contributed by atoms with E-state index in [0.29, 0.717) is 11.5 Å². The van der Waals surface area contributed by atoms with Crippen LogP contribution in [0.2, 0.25) is 0 Å². The summed E-state index contributed by atoms with van der Waals surface area (Å²) in [5, 5.41) is 13.7. The predicted molar refractivity (Wildman–Crippen MR) is 81.8 cm³/mol. The van der Waals surface area contributed by atoms with Crippen molar-refractivity contribution in [3.8, 4) is 5.75 Å². The molecule has 0 aliphatic rings. The average Bonchev–Trinajstić information content (AvgIpc) is 2.54. The van der Waals surface area contributed by atoms with Gasteiger partial charge in [-0.2, -0.15) is 0 Å². The quantitative estimate of drug-likeness (QED) is 0.853. The number of hydrogen-bond donors (Lipinski definition) is 2. The van der Waals surface area contributed by atoms with Crippen LogP contribution in [0.5, 0.6) is 5.75 Å². The van der Waals surface area contributed by atoms with Gasteiger partial charge in [0.05, 0.1) is 7.11 Å². The van der Waals surface area contributed by atoms with Crippen LogP contribution in [-0.4, -0.2) is 29.8 Å². The lowest BCUT2D eigenvalue weighted by Gasteiger charge is -2.06. The van der Waals surface area contributed by atoms with Gasteiger partial charge in [-0.1, -0.05) is 6.92 Å². The highest BCUT2D eigenvalue weighted by Crippen LogP contribution is 2.15. The predicted octanol–water partition coefficient (Wildman–Crippen LogP) is 2.56. The number of amides is 1. The number of carbonyl (C=O) groups is 1. The lowest BCUT2D eigenvalue weighted by atomic mass is 10.3. The summed E-state index contributed by atoms with van der Waals surface area (Å²) >= 11 is 0. The molecule has 0 unspecified atom stereocenters. The Kier molecular flexibility index (Phi) is 5.09. The minimum atomic E-state index is -0.297. The largest absolute Gasteiger partial charge is 0.497 e. The van der Waals surface area contributed by atoms with E-state index in [4.69, 9.17) is 4.74 Å². The summed E-state index contributed by atoms with van der Waals surface area (Å²) < 4.78 is 5.06. The van der Waals surface area contributed by atoms with Crippen LogP contribution in [0, 0.1) is 0 Å². The number of benzene rings is 1. The molecule has 0 spiro atoms. The first-order valence-corrected chi connectivity index (χ1v) is 6.76. The molecular weight excluding hydrogens is 268 g/mol.